The van der Waals surface area contributed by atoms with Gasteiger partial charge in [0.25, 0.3) is 26.0 Å². The zero-order chi connectivity index (χ0) is 32.2. The highest BCUT2D eigenvalue weighted by Crippen LogP contribution is 2.32. The number of carbonyl (C=O) groups is 1. The lowest BCUT2D eigenvalue weighted by atomic mass is 10.1. The summed E-state index contributed by atoms with van der Waals surface area (Å²) in [6, 6.07) is 18.5. The lowest BCUT2D eigenvalue weighted by Gasteiger charge is -2.30. The van der Waals surface area contributed by atoms with Crippen molar-refractivity contribution < 1.29 is 39.9 Å². The number of methoxy groups -OCH3 is 1. The Labute approximate surface area is 258 Å². The monoisotopic (exact) mass is 658 g/mol. The number of rotatable bonds is 10. The number of morpholine rings is 1. The number of amides is 1. The number of nitrogens with one attached hydrogen (secondary N) is 3. The number of hydrogen-bond donors (Lipinski definition) is 3. The topological polar surface area (TPSA) is 143 Å². The van der Waals surface area contributed by atoms with E-state index in [0.717, 1.165) is 6.07 Å². The number of hydrogen-bond acceptors (Lipinski definition) is 8. The van der Waals surface area contributed by atoms with Gasteiger partial charge >= 0.3 is 0 Å². The molecule has 0 unspecified atom stereocenters. The molecule has 0 radical (unpaired) electrons. The highest BCUT2D eigenvalue weighted by atomic mass is 32.2. The minimum Gasteiger partial charge on any atom is -0.495 e. The molecule has 0 spiro atoms. The third kappa shape index (κ3) is 7.33. The third-order valence-electron chi connectivity index (χ3n) is 6.81. The Balaban J connectivity index is 1.43. The molecule has 5 rings (SSSR count). The molecule has 0 bridgehead atoms. The van der Waals surface area contributed by atoms with Crippen LogP contribution in [0.1, 0.15) is 10.4 Å². The number of anilines is 4. The molecule has 1 heterocycles. The molecule has 4 aromatic carbocycles. The maximum atomic E-state index is 13.7. The number of para-hydroxylation sites is 2. The Kier molecular flexibility index (Phi) is 9.22. The van der Waals surface area contributed by atoms with Crippen molar-refractivity contribution in [1.82, 2.24) is 0 Å². The van der Waals surface area contributed by atoms with Gasteiger partial charge in [-0.05, 0) is 66.7 Å². The summed E-state index contributed by atoms with van der Waals surface area (Å²) in [6.07, 6.45) is 0. The summed E-state index contributed by atoms with van der Waals surface area (Å²) in [6.45, 7) is 1.86. The van der Waals surface area contributed by atoms with Crippen LogP contribution in [0.5, 0.6) is 5.75 Å². The van der Waals surface area contributed by atoms with Crippen LogP contribution in [0.4, 0.5) is 31.5 Å². The van der Waals surface area contributed by atoms with Gasteiger partial charge in [-0.25, -0.2) is 25.6 Å². The van der Waals surface area contributed by atoms with Crippen molar-refractivity contribution in [2.45, 2.75) is 9.79 Å². The molecule has 11 nitrogen and oxygen atoms in total. The van der Waals surface area contributed by atoms with E-state index >= 15 is 0 Å². The van der Waals surface area contributed by atoms with Gasteiger partial charge in [-0.3, -0.25) is 14.2 Å². The van der Waals surface area contributed by atoms with Crippen molar-refractivity contribution in [2.24, 2.45) is 0 Å². The zero-order valence-corrected chi connectivity index (χ0v) is 25.4. The predicted molar refractivity (Wildman–Crippen MR) is 165 cm³/mol. The largest absolute Gasteiger partial charge is 0.495 e. The van der Waals surface area contributed by atoms with E-state index in [1.807, 2.05) is 4.90 Å². The fraction of sp³-hybridized carbons (Fsp3) is 0.167. The first-order valence-corrected chi connectivity index (χ1v) is 16.5. The maximum Gasteiger partial charge on any atom is 0.262 e. The molecule has 1 saturated heterocycles. The summed E-state index contributed by atoms with van der Waals surface area (Å²) in [5, 5.41) is 2.75. The second kappa shape index (κ2) is 13.1. The molecule has 0 atom stereocenters. The Bertz CT molecular complexity index is 1950. The quantitative estimate of drug-likeness (QED) is 0.223. The standard InChI is InChI=1S/C30H28F2N4O7S2/c1-42-29-8-3-2-7-26(29)35-45(40,41)23-10-12-28(36-13-15-43-16-14-36)27(19-23)33-30(37)20-5-4-6-21(17-20)34-44(38,39)22-9-11-24(31)25(32)18-22/h2-12,17-19,34-35H,13-16H2,1H3,(H,33,37). The van der Waals surface area contributed by atoms with E-state index in [4.69, 9.17) is 9.47 Å². The van der Waals surface area contributed by atoms with E-state index in [0.29, 0.717) is 49.9 Å². The lowest BCUT2D eigenvalue weighted by Crippen LogP contribution is -2.36. The van der Waals surface area contributed by atoms with Gasteiger partial charge in [0.1, 0.15) is 5.75 Å². The molecule has 15 heteroatoms. The predicted octanol–water partition coefficient (Wildman–Crippen LogP) is 4.66. The van der Waals surface area contributed by atoms with E-state index in [2.05, 4.69) is 14.8 Å². The average molecular weight is 659 g/mol. The maximum absolute atomic E-state index is 13.7. The summed E-state index contributed by atoms with van der Waals surface area (Å²) < 4.78 is 94.7. The van der Waals surface area contributed by atoms with Gasteiger partial charge in [0.05, 0.1) is 47.2 Å². The first-order valence-electron chi connectivity index (χ1n) is 13.5. The molecule has 4 aromatic rings. The van der Waals surface area contributed by atoms with Gasteiger partial charge < -0.3 is 19.7 Å². The summed E-state index contributed by atoms with van der Waals surface area (Å²) in [5.74, 6) is -2.87. The molecule has 45 heavy (non-hydrogen) atoms. The summed E-state index contributed by atoms with van der Waals surface area (Å²) in [4.78, 5) is 14.8. The second-order valence-electron chi connectivity index (χ2n) is 9.80. The van der Waals surface area contributed by atoms with Crippen molar-refractivity contribution in [1.29, 1.82) is 0 Å². The zero-order valence-electron chi connectivity index (χ0n) is 23.8. The van der Waals surface area contributed by atoms with Crippen molar-refractivity contribution in [3.8, 4) is 5.75 Å². The summed E-state index contributed by atoms with van der Waals surface area (Å²) in [5.41, 5.74) is 0.994. The Morgan fingerprint density at radius 1 is 0.778 bits per heavy atom. The van der Waals surface area contributed by atoms with Crippen molar-refractivity contribution in [3.05, 3.63) is 102 Å². The molecule has 0 aromatic heterocycles. The number of carbonyl (C=O) groups excluding carboxylic acids is 1. The van der Waals surface area contributed by atoms with Gasteiger partial charge in [-0.1, -0.05) is 18.2 Å². The molecule has 3 N–H and O–H groups in total. The lowest BCUT2D eigenvalue weighted by molar-refractivity contribution is 0.102. The first-order chi connectivity index (χ1) is 21.5. The summed E-state index contributed by atoms with van der Waals surface area (Å²) >= 11 is 0. The number of halogens is 2. The van der Waals surface area contributed by atoms with Gasteiger partial charge in [-0.2, -0.15) is 0 Å². The molecule has 1 aliphatic heterocycles. The average Bonchev–Trinajstić information content (AvgIpc) is 3.02. The molecule has 0 saturated carbocycles. The SMILES string of the molecule is COc1ccccc1NS(=O)(=O)c1ccc(N2CCOCC2)c(NC(=O)c2cccc(NS(=O)(=O)c3ccc(F)c(F)c3)c2)c1. The molecular formula is C30H28F2N4O7S2. The third-order valence-corrected chi connectivity index (χ3v) is 9.55. The molecule has 1 amide bonds. The summed E-state index contributed by atoms with van der Waals surface area (Å²) in [7, 11) is -7.03. The highest BCUT2D eigenvalue weighted by Gasteiger charge is 2.23. The van der Waals surface area contributed by atoms with Crippen molar-refractivity contribution in [2.75, 3.05) is 53.1 Å². The minimum atomic E-state index is -4.32. The molecule has 0 aliphatic carbocycles. The van der Waals surface area contributed by atoms with Crippen molar-refractivity contribution in [3.63, 3.8) is 0 Å². The van der Waals surface area contributed by atoms with Crippen LogP contribution in [0.25, 0.3) is 0 Å². The molecule has 1 aliphatic rings. The van der Waals surface area contributed by atoms with Gasteiger partial charge in [0.2, 0.25) is 0 Å². The molecule has 1 fully saturated rings. The van der Waals surface area contributed by atoms with Crippen LogP contribution in [-0.2, 0) is 24.8 Å². The van der Waals surface area contributed by atoms with Crippen LogP contribution in [0.15, 0.2) is 94.7 Å². The van der Waals surface area contributed by atoms with Crippen LogP contribution in [0.3, 0.4) is 0 Å². The molecular weight excluding hydrogens is 630 g/mol. The second-order valence-corrected chi connectivity index (χ2v) is 13.2. The van der Waals surface area contributed by atoms with E-state index in [9.17, 15) is 30.4 Å². The Morgan fingerprint density at radius 2 is 1.47 bits per heavy atom. The number of benzene rings is 4. The van der Waals surface area contributed by atoms with E-state index < -0.39 is 42.5 Å². The molecule has 236 valence electrons. The van der Waals surface area contributed by atoms with Crippen LogP contribution < -0.4 is 24.4 Å². The highest BCUT2D eigenvalue weighted by molar-refractivity contribution is 7.93. The fourth-order valence-corrected chi connectivity index (χ4v) is 6.73. The van der Waals surface area contributed by atoms with Crippen LogP contribution >= 0.6 is 0 Å². The van der Waals surface area contributed by atoms with E-state index in [1.54, 1.807) is 30.3 Å². The van der Waals surface area contributed by atoms with E-state index in [1.165, 1.54) is 43.5 Å². The van der Waals surface area contributed by atoms with Crippen LogP contribution in [0, 0.1) is 11.6 Å². The minimum absolute atomic E-state index is 0.0156. The first kappa shape index (κ1) is 31.7. The van der Waals surface area contributed by atoms with Crippen molar-refractivity contribution >= 4 is 48.7 Å². The van der Waals surface area contributed by atoms with Gasteiger partial charge in [0.15, 0.2) is 11.6 Å². The normalized spacial score (nSPS) is 13.6. The Hall–Kier alpha value is -4.73. The van der Waals surface area contributed by atoms with Crippen LogP contribution in [-0.4, -0.2) is 56.2 Å². The van der Waals surface area contributed by atoms with E-state index in [-0.39, 0.29) is 27.5 Å². The van der Waals surface area contributed by atoms with Gasteiger partial charge in [-0.15, -0.1) is 0 Å². The Morgan fingerprint density at radius 3 is 2.20 bits per heavy atom. The fourth-order valence-electron chi connectivity index (χ4n) is 4.57. The number of sulfonamides is 2. The number of ether oxygens (including phenoxy) is 2. The number of nitrogens with zero attached hydrogens (tertiary/aromatic N) is 1. The van der Waals surface area contributed by atoms with Gasteiger partial charge in [0, 0.05) is 24.3 Å². The smallest absolute Gasteiger partial charge is 0.262 e. The van der Waals surface area contributed by atoms with Crippen LogP contribution in [0.2, 0.25) is 0 Å².